The summed E-state index contributed by atoms with van der Waals surface area (Å²) in [5, 5.41) is 6.36. The minimum atomic E-state index is 0.170. The van der Waals surface area contributed by atoms with Crippen LogP contribution in [0, 0.1) is 6.92 Å². The van der Waals surface area contributed by atoms with E-state index in [1.807, 2.05) is 24.6 Å². The quantitative estimate of drug-likeness (QED) is 0.870. The van der Waals surface area contributed by atoms with Crippen LogP contribution in [0.2, 0.25) is 0 Å². The first-order chi connectivity index (χ1) is 8.19. The SMILES string of the molecule is CCC(Nc1cc(C)nc(N)n1)c1nccs1. The zero-order valence-corrected chi connectivity index (χ0v) is 10.7. The fraction of sp³-hybridized carbons (Fsp3) is 0.364. The second kappa shape index (κ2) is 5.09. The topological polar surface area (TPSA) is 76.7 Å². The number of rotatable bonds is 4. The summed E-state index contributed by atoms with van der Waals surface area (Å²) in [6.07, 6.45) is 2.75. The van der Waals surface area contributed by atoms with E-state index in [0.717, 1.165) is 22.9 Å². The van der Waals surface area contributed by atoms with Crippen molar-refractivity contribution in [3.8, 4) is 0 Å². The maximum atomic E-state index is 5.62. The van der Waals surface area contributed by atoms with Gasteiger partial charge in [-0.25, -0.2) is 9.97 Å². The highest BCUT2D eigenvalue weighted by atomic mass is 32.1. The van der Waals surface area contributed by atoms with Gasteiger partial charge in [0.25, 0.3) is 0 Å². The first kappa shape index (κ1) is 11.8. The molecule has 90 valence electrons. The molecule has 0 amide bonds. The van der Waals surface area contributed by atoms with Crippen LogP contribution in [0.3, 0.4) is 0 Å². The van der Waals surface area contributed by atoms with Crippen molar-refractivity contribution >= 4 is 23.1 Å². The van der Waals surface area contributed by atoms with Gasteiger partial charge in [-0.1, -0.05) is 6.92 Å². The van der Waals surface area contributed by atoms with Crippen LogP contribution in [0.15, 0.2) is 17.6 Å². The Morgan fingerprint density at radius 1 is 1.47 bits per heavy atom. The first-order valence-corrected chi connectivity index (χ1v) is 6.34. The Labute approximate surface area is 104 Å². The number of nitrogens with one attached hydrogen (secondary N) is 1. The second-order valence-electron chi connectivity index (χ2n) is 3.73. The highest BCUT2D eigenvalue weighted by molar-refractivity contribution is 7.09. The molecule has 0 saturated carbocycles. The van der Waals surface area contributed by atoms with Gasteiger partial charge in [-0.3, -0.25) is 0 Å². The lowest BCUT2D eigenvalue weighted by Crippen LogP contribution is -2.12. The van der Waals surface area contributed by atoms with Gasteiger partial charge in [-0.2, -0.15) is 4.98 Å². The maximum absolute atomic E-state index is 5.62. The summed E-state index contributed by atoms with van der Waals surface area (Å²) in [6.45, 7) is 4.00. The van der Waals surface area contributed by atoms with Crippen molar-refractivity contribution in [2.24, 2.45) is 0 Å². The molecule has 0 fully saturated rings. The molecule has 0 bridgehead atoms. The number of nitrogen functional groups attached to an aromatic ring is 1. The fourth-order valence-electron chi connectivity index (χ4n) is 1.59. The number of hydrogen-bond donors (Lipinski definition) is 2. The van der Waals surface area contributed by atoms with E-state index < -0.39 is 0 Å². The van der Waals surface area contributed by atoms with E-state index in [1.165, 1.54) is 0 Å². The molecule has 2 aromatic heterocycles. The Morgan fingerprint density at radius 3 is 2.88 bits per heavy atom. The summed E-state index contributed by atoms with van der Waals surface area (Å²) in [6, 6.07) is 2.05. The molecule has 1 atom stereocenters. The molecule has 1 unspecified atom stereocenters. The van der Waals surface area contributed by atoms with Crippen LogP contribution < -0.4 is 11.1 Å². The molecule has 0 aliphatic carbocycles. The third-order valence-corrected chi connectivity index (χ3v) is 3.24. The molecule has 0 radical (unpaired) electrons. The van der Waals surface area contributed by atoms with Gasteiger partial charge in [0.15, 0.2) is 0 Å². The van der Waals surface area contributed by atoms with Gasteiger partial charge in [-0.15, -0.1) is 11.3 Å². The predicted octanol–water partition coefficient (Wildman–Crippen LogP) is 2.39. The van der Waals surface area contributed by atoms with E-state index in [2.05, 4.69) is 27.2 Å². The van der Waals surface area contributed by atoms with Gasteiger partial charge in [0.2, 0.25) is 5.95 Å². The molecule has 0 aliphatic rings. The van der Waals surface area contributed by atoms with Crippen molar-refractivity contribution in [2.45, 2.75) is 26.3 Å². The third-order valence-electron chi connectivity index (χ3n) is 2.35. The monoisotopic (exact) mass is 249 g/mol. The lowest BCUT2D eigenvalue weighted by Gasteiger charge is -2.15. The molecule has 0 aliphatic heterocycles. The number of anilines is 2. The average Bonchev–Trinajstić information content (AvgIpc) is 2.77. The molecule has 2 rings (SSSR count). The molecular formula is C11H15N5S. The van der Waals surface area contributed by atoms with Gasteiger partial charge in [0.1, 0.15) is 10.8 Å². The summed E-state index contributed by atoms with van der Waals surface area (Å²) in [5.74, 6) is 1.04. The number of nitrogens with zero attached hydrogens (tertiary/aromatic N) is 3. The number of thiazole rings is 1. The van der Waals surface area contributed by atoms with E-state index >= 15 is 0 Å². The maximum Gasteiger partial charge on any atom is 0.222 e. The summed E-state index contributed by atoms with van der Waals surface area (Å²) < 4.78 is 0. The van der Waals surface area contributed by atoms with Crippen LogP contribution >= 0.6 is 11.3 Å². The van der Waals surface area contributed by atoms with Crippen LogP contribution in [0.25, 0.3) is 0 Å². The average molecular weight is 249 g/mol. The summed E-state index contributed by atoms with van der Waals surface area (Å²) in [4.78, 5) is 12.5. The Hall–Kier alpha value is -1.69. The van der Waals surface area contributed by atoms with Gasteiger partial charge < -0.3 is 11.1 Å². The molecule has 0 saturated heterocycles. The van der Waals surface area contributed by atoms with Crippen LogP contribution in [-0.4, -0.2) is 15.0 Å². The third kappa shape index (κ3) is 2.91. The molecular weight excluding hydrogens is 234 g/mol. The number of hydrogen-bond acceptors (Lipinski definition) is 6. The molecule has 2 heterocycles. The van der Waals surface area contributed by atoms with E-state index in [9.17, 15) is 0 Å². The molecule has 0 aromatic carbocycles. The van der Waals surface area contributed by atoms with Crippen molar-refractivity contribution in [3.63, 3.8) is 0 Å². The van der Waals surface area contributed by atoms with E-state index in [1.54, 1.807) is 11.3 Å². The first-order valence-electron chi connectivity index (χ1n) is 5.46. The smallest absolute Gasteiger partial charge is 0.222 e. The highest BCUT2D eigenvalue weighted by Crippen LogP contribution is 2.23. The van der Waals surface area contributed by atoms with E-state index in [-0.39, 0.29) is 6.04 Å². The van der Waals surface area contributed by atoms with Crippen molar-refractivity contribution in [1.82, 2.24) is 15.0 Å². The summed E-state index contributed by atoms with van der Waals surface area (Å²) in [7, 11) is 0. The molecule has 6 heteroatoms. The standard InChI is InChI=1S/C11H15N5S/c1-3-8(10-13-4-5-17-10)15-9-6-7(2)14-11(12)16-9/h4-6,8H,3H2,1-2H3,(H3,12,14,15,16). The zero-order valence-electron chi connectivity index (χ0n) is 9.84. The minimum absolute atomic E-state index is 0.170. The van der Waals surface area contributed by atoms with Crippen LogP contribution in [0.5, 0.6) is 0 Å². The largest absolute Gasteiger partial charge is 0.368 e. The number of aryl methyl sites for hydroxylation is 1. The summed E-state index contributed by atoms with van der Waals surface area (Å²) >= 11 is 1.63. The van der Waals surface area contributed by atoms with Gasteiger partial charge in [0, 0.05) is 23.3 Å². The normalized spacial score (nSPS) is 12.4. The van der Waals surface area contributed by atoms with Crippen LogP contribution in [0.4, 0.5) is 11.8 Å². The van der Waals surface area contributed by atoms with Crippen molar-refractivity contribution < 1.29 is 0 Å². The Morgan fingerprint density at radius 2 is 2.29 bits per heavy atom. The summed E-state index contributed by atoms with van der Waals surface area (Å²) in [5.41, 5.74) is 6.48. The molecule has 0 spiro atoms. The van der Waals surface area contributed by atoms with Crippen molar-refractivity contribution in [2.75, 3.05) is 11.1 Å². The Bertz CT molecular complexity index is 462. The molecule has 17 heavy (non-hydrogen) atoms. The van der Waals surface area contributed by atoms with Crippen molar-refractivity contribution in [3.05, 3.63) is 28.3 Å². The Kier molecular flexibility index (Phi) is 3.53. The fourth-order valence-corrected chi connectivity index (χ4v) is 2.36. The highest BCUT2D eigenvalue weighted by Gasteiger charge is 2.12. The predicted molar refractivity (Wildman–Crippen MR) is 70.0 cm³/mol. The lowest BCUT2D eigenvalue weighted by molar-refractivity contribution is 0.737. The molecule has 2 aromatic rings. The zero-order chi connectivity index (χ0) is 12.3. The van der Waals surface area contributed by atoms with Crippen LogP contribution in [0.1, 0.15) is 30.1 Å². The molecule has 3 N–H and O–H groups in total. The lowest BCUT2D eigenvalue weighted by atomic mass is 10.2. The number of aromatic nitrogens is 3. The van der Waals surface area contributed by atoms with Gasteiger partial charge in [-0.05, 0) is 13.3 Å². The second-order valence-corrected chi connectivity index (χ2v) is 4.65. The van der Waals surface area contributed by atoms with Crippen LogP contribution in [-0.2, 0) is 0 Å². The van der Waals surface area contributed by atoms with E-state index in [4.69, 9.17) is 5.73 Å². The van der Waals surface area contributed by atoms with Crippen molar-refractivity contribution in [1.29, 1.82) is 0 Å². The van der Waals surface area contributed by atoms with Gasteiger partial charge in [0.05, 0.1) is 6.04 Å². The number of nitrogens with two attached hydrogens (primary N) is 1. The minimum Gasteiger partial charge on any atom is -0.368 e. The Balaban J connectivity index is 2.18. The molecule has 5 nitrogen and oxygen atoms in total. The van der Waals surface area contributed by atoms with E-state index in [0.29, 0.717) is 5.95 Å². The van der Waals surface area contributed by atoms with Gasteiger partial charge >= 0.3 is 0 Å².